The van der Waals surface area contributed by atoms with Gasteiger partial charge in [-0.25, -0.2) is 4.79 Å². The summed E-state index contributed by atoms with van der Waals surface area (Å²) in [5.74, 6) is 1.77. The summed E-state index contributed by atoms with van der Waals surface area (Å²) in [7, 11) is 0. The zero-order valence-corrected chi connectivity index (χ0v) is 15.5. The van der Waals surface area contributed by atoms with Crippen molar-refractivity contribution in [1.82, 2.24) is 0 Å². The summed E-state index contributed by atoms with van der Waals surface area (Å²) in [5.41, 5.74) is -0.00486. The van der Waals surface area contributed by atoms with Crippen LogP contribution in [0.1, 0.15) is 60.0 Å². The van der Waals surface area contributed by atoms with Crippen molar-refractivity contribution in [3.05, 3.63) is 74.4 Å². The van der Waals surface area contributed by atoms with Crippen LogP contribution in [-0.2, 0) is 6.42 Å². The van der Waals surface area contributed by atoms with Crippen LogP contribution in [0.3, 0.4) is 0 Å². The van der Waals surface area contributed by atoms with Crippen LogP contribution in [0.25, 0.3) is 0 Å². The van der Waals surface area contributed by atoms with Gasteiger partial charge in [-0.1, -0.05) is 13.0 Å². The summed E-state index contributed by atoms with van der Waals surface area (Å²) < 4.78 is 11.1. The van der Waals surface area contributed by atoms with Gasteiger partial charge in [0, 0.05) is 29.2 Å². The lowest BCUT2D eigenvalue weighted by Gasteiger charge is -2.18. The second-order valence-corrected chi connectivity index (χ2v) is 7.93. The van der Waals surface area contributed by atoms with Crippen molar-refractivity contribution in [1.29, 1.82) is 0 Å². The van der Waals surface area contributed by atoms with Gasteiger partial charge in [0.05, 0.1) is 11.8 Å². The summed E-state index contributed by atoms with van der Waals surface area (Å²) >= 11 is 1.63. The fourth-order valence-corrected chi connectivity index (χ4v) is 4.55. The number of hydrogen-bond donors (Lipinski definition) is 1. The Morgan fingerprint density at radius 2 is 2.15 bits per heavy atom. The van der Waals surface area contributed by atoms with Crippen LogP contribution in [-0.4, -0.2) is 5.11 Å². The standard InChI is InChI=1S/C21H22O4S/c1-2-13(11-15-5-3-9-24-15)17-12-16(22)20(21(23)25-17)19(14-7-8-14)18-6-4-10-26-18/h3-6,9-10,12-14,19,22H,2,7-8,11H2,1H3. The van der Waals surface area contributed by atoms with Crippen molar-refractivity contribution in [3.63, 3.8) is 0 Å². The molecule has 2 atom stereocenters. The third-order valence-corrected chi connectivity index (χ3v) is 6.12. The van der Waals surface area contributed by atoms with Gasteiger partial charge in [0.2, 0.25) is 0 Å². The first-order valence-electron chi connectivity index (χ1n) is 9.10. The van der Waals surface area contributed by atoms with Gasteiger partial charge in [-0.2, -0.15) is 0 Å². The predicted molar refractivity (Wildman–Crippen MR) is 101 cm³/mol. The van der Waals surface area contributed by atoms with Crippen LogP contribution < -0.4 is 5.63 Å². The van der Waals surface area contributed by atoms with E-state index in [9.17, 15) is 9.90 Å². The number of aromatic hydroxyl groups is 1. The molecule has 3 aromatic heterocycles. The smallest absolute Gasteiger partial charge is 0.343 e. The fourth-order valence-electron chi connectivity index (χ4n) is 3.62. The predicted octanol–water partition coefficient (Wildman–Crippen LogP) is 5.28. The number of rotatable bonds is 7. The van der Waals surface area contributed by atoms with Crippen LogP contribution in [0.4, 0.5) is 0 Å². The Morgan fingerprint density at radius 1 is 1.31 bits per heavy atom. The Morgan fingerprint density at radius 3 is 2.73 bits per heavy atom. The van der Waals surface area contributed by atoms with E-state index in [1.54, 1.807) is 23.7 Å². The molecule has 4 nitrogen and oxygen atoms in total. The monoisotopic (exact) mass is 370 g/mol. The lowest BCUT2D eigenvalue weighted by Crippen LogP contribution is -2.17. The third kappa shape index (κ3) is 3.36. The van der Waals surface area contributed by atoms with E-state index in [1.807, 2.05) is 36.6 Å². The second kappa shape index (κ2) is 7.16. The van der Waals surface area contributed by atoms with E-state index in [4.69, 9.17) is 8.83 Å². The summed E-state index contributed by atoms with van der Waals surface area (Å²) in [6, 6.07) is 9.41. The highest BCUT2D eigenvalue weighted by atomic mass is 32.1. The largest absolute Gasteiger partial charge is 0.507 e. The molecule has 26 heavy (non-hydrogen) atoms. The molecule has 0 bridgehead atoms. The Hall–Kier alpha value is -2.27. The van der Waals surface area contributed by atoms with Crippen molar-refractivity contribution >= 4 is 11.3 Å². The zero-order chi connectivity index (χ0) is 18.1. The van der Waals surface area contributed by atoms with E-state index in [0.717, 1.165) is 29.9 Å². The molecular weight excluding hydrogens is 348 g/mol. The number of hydrogen-bond acceptors (Lipinski definition) is 5. The van der Waals surface area contributed by atoms with Gasteiger partial charge in [-0.05, 0) is 48.8 Å². The molecule has 1 aliphatic rings. The van der Waals surface area contributed by atoms with Gasteiger partial charge in [0.1, 0.15) is 17.3 Å². The molecule has 0 spiro atoms. The van der Waals surface area contributed by atoms with Crippen molar-refractivity contribution < 1.29 is 13.9 Å². The average molecular weight is 370 g/mol. The van der Waals surface area contributed by atoms with Gasteiger partial charge in [-0.3, -0.25) is 0 Å². The zero-order valence-electron chi connectivity index (χ0n) is 14.7. The quantitative estimate of drug-likeness (QED) is 0.615. The molecule has 0 aliphatic heterocycles. The molecule has 3 heterocycles. The molecule has 3 aromatic rings. The Kier molecular flexibility index (Phi) is 4.72. The molecule has 4 rings (SSSR count). The van der Waals surface area contributed by atoms with Gasteiger partial charge in [0.15, 0.2) is 0 Å². The normalized spacial score (nSPS) is 16.5. The van der Waals surface area contributed by atoms with Crippen LogP contribution in [0, 0.1) is 5.92 Å². The maximum Gasteiger partial charge on any atom is 0.343 e. The molecule has 1 N–H and O–H groups in total. The highest BCUT2D eigenvalue weighted by Gasteiger charge is 2.38. The van der Waals surface area contributed by atoms with Crippen molar-refractivity contribution in [3.8, 4) is 5.75 Å². The van der Waals surface area contributed by atoms with Crippen molar-refractivity contribution in [2.75, 3.05) is 0 Å². The molecular formula is C21H22O4S. The highest BCUT2D eigenvalue weighted by molar-refractivity contribution is 7.10. The molecule has 2 unspecified atom stereocenters. The molecule has 0 saturated heterocycles. The van der Waals surface area contributed by atoms with E-state index >= 15 is 0 Å². The average Bonchev–Trinajstić information content (AvgIpc) is 3.09. The minimum Gasteiger partial charge on any atom is -0.507 e. The first kappa shape index (κ1) is 17.2. The van der Waals surface area contributed by atoms with Gasteiger partial charge >= 0.3 is 5.63 Å². The molecule has 0 aromatic carbocycles. The van der Waals surface area contributed by atoms with E-state index in [0.29, 0.717) is 23.7 Å². The van der Waals surface area contributed by atoms with Gasteiger partial charge in [-0.15, -0.1) is 11.3 Å². The van der Waals surface area contributed by atoms with Crippen molar-refractivity contribution in [2.45, 2.75) is 44.4 Å². The lowest BCUT2D eigenvalue weighted by atomic mass is 9.91. The van der Waals surface area contributed by atoms with Crippen LogP contribution in [0.5, 0.6) is 5.75 Å². The first-order valence-corrected chi connectivity index (χ1v) is 9.98. The van der Waals surface area contributed by atoms with Crippen molar-refractivity contribution in [2.24, 2.45) is 5.92 Å². The molecule has 5 heteroatoms. The minimum absolute atomic E-state index is 0.00471. The molecule has 1 saturated carbocycles. The summed E-state index contributed by atoms with van der Waals surface area (Å²) in [6.45, 7) is 2.04. The molecule has 1 fully saturated rings. The maximum atomic E-state index is 12.8. The fraction of sp³-hybridized carbons (Fsp3) is 0.381. The minimum atomic E-state index is -0.414. The summed E-state index contributed by atoms with van der Waals surface area (Å²) in [5, 5.41) is 12.7. The number of furan rings is 1. The van der Waals surface area contributed by atoms with Gasteiger partial charge < -0.3 is 13.9 Å². The Balaban J connectivity index is 1.69. The van der Waals surface area contributed by atoms with Crippen LogP contribution in [0.2, 0.25) is 0 Å². The third-order valence-electron chi connectivity index (χ3n) is 5.16. The van der Waals surface area contributed by atoms with Crippen LogP contribution in [0.15, 0.2) is 55.6 Å². The highest BCUT2D eigenvalue weighted by Crippen LogP contribution is 2.48. The molecule has 0 amide bonds. The SMILES string of the molecule is CCC(Cc1ccco1)c1cc(O)c(C(c2cccs2)C2CC2)c(=O)o1. The molecule has 1 aliphatic carbocycles. The van der Waals surface area contributed by atoms with E-state index in [-0.39, 0.29) is 17.6 Å². The van der Waals surface area contributed by atoms with Crippen LogP contribution >= 0.6 is 11.3 Å². The van der Waals surface area contributed by atoms with E-state index in [2.05, 4.69) is 0 Å². The molecule has 0 radical (unpaired) electrons. The lowest BCUT2D eigenvalue weighted by molar-refractivity contribution is 0.370. The Labute approximate surface area is 156 Å². The summed E-state index contributed by atoms with van der Waals surface area (Å²) in [6.07, 6.45) is 5.24. The second-order valence-electron chi connectivity index (χ2n) is 6.95. The summed E-state index contributed by atoms with van der Waals surface area (Å²) in [4.78, 5) is 13.9. The topological polar surface area (TPSA) is 63.6 Å². The number of thiophene rings is 1. The first-order chi connectivity index (χ1) is 12.7. The Bertz CT molecular complexity index is 904. The maximum absolute atomic E-state index is 12.8. The molecule has 136 valence electrons. The van der Waals surface area contributed by atoms with Gasteiger partial charge in [0.25, 0.3) is 0 Å². The van der Waals surface area contributed by atoms with E-state index < -0.39 is 5.63 Å². The van der Waals surface area contributed by atoms with E-state index in [1.165, 1.54) is 0 Å².